The normalized spacial score (nSPS) is 21.9. The second kappa shape index (κ2) is 8.03. The molecular weight excluding hydrogens is 407 g/mol. The summed E-state index contributed by atoms with van der Waals surface area (Å²) in [4.78, 5) is 23.6. The molecule has 2 unspecified atom stereocenters. The van der Waals surface area contributed by atoms with Crippen LogP contribution in [0.5, 0.6) is 5.75 Å². The summed E-state index contributed by atoms with van der Waals surface area (Å²) in [5, 5.41) is 28.4. The molecule has 3 rings (SSSR count). The second-order valence-electron chi connectivity index (χ2n) is 7.37. The zero-order valence-electron chi connectivity index (χ0n) is 15.4. The highest BCUT2D eigenvalue weighted by molar-refractivity contribution is 6.44. The van der Waals surface area contributed by atoms with E-state index in [0.29, 0.717) is 12.8 Å². The van der Waals surface area contributed by atoms with Crippen LogP contribution >= 0.6 is 23.2 Å². The molecule has 0 saturated carbocycles. The summed E-state index contributed by atoms with van der Waals surface area (Å²) < 4.78 is 5.58. The van der Waals surface area contributed by atoms with Crippen molar-refractivity contribution in [1.29, 1.82) is 0 Å². The van der Waals surface area contributed by atoms with Gasteiger partial charge in [-0.05, 0) is 42.5 Å². The largest absolute Gasteiger partial charge is 0.478 e. The predicted molar refractivity (Wildman–Crippen MR) is 105 cm³/mol. The van der Waals surface area contributed by atoms with Gasteiger partial charge in [0.2, 0.25) is 6.10 Å². The summed E-state index contributed by atoms with van der Waals surface area (Å²) >= 11 is 12.9. The molecule has 0 radical (unpaired) electrons. The maximum Gasteiger partial charge on any atom is 0.345 e. The summed E-state index contributed by atoms with van der Waals surface area (Å²) in [6.45, 7) is 0.950. The minimum absolute atomic E-state index is 0.0483. The van der Waals surface area contributed by atoms with Gasteiger partial charge in [0, 0.05) is 17.4 Å². The van der Waals surface area contributed by atoms with Crippen LogP contribution in [0, 0.1) is 11.3 Å². The highest BCUT2D eigenvalue weighted by Crippen LogP contribution is 2.57. The molecule has 1 aromatic carbocycles. The quantitative estimate of drug-likeness (QED) is 0.616. The summed E-state index contributed by atoms with van der Waals surface area (Å²) in [5.74, 6) is -2.20. The first-order chi connectivity index (χ1) is 13.3. The third-order valence-electron chi connectivity index (χ3n) is 5.85. The first-order valence-electron chi connectivity index (χ1n) is 9.15. The number of aliphatic carboxylic acids is 1. The number of hydrogen-bond donors (Lipinski definition) is 3. The van der Waals surface area contributed by atoms with E-state index in [1.165, 1.54) is 0 Å². The molecule has 0 amide bonds. The Kier molecular flexibility index (Phi) is 6.05. The van der Waals surface area contributed by atoms with Crippen LogP contribution in [0.1, 0.15) is 37.3 Å². The standard InChI is InChI=1S/C20H22Cl2O6/c1-2-20-4-3-12(25)6-13(20)15-10(7-20)5-14(16(21)17(15)22)28-18(19(26)27)11(8-23)9-24/h5-6,11,18,23-24H,2-4,7-9H2,1H3,(H,26,27). The SMILES string of the molecule is CCC12CCC(=O)C=C1c1c(cc(OC(C(=O)O)C(CO)CO)c(Cl)c1Cl)C2. The Morgan fingerprint density at radius 3 is 2.54 bits per heavy atom. The fraction of sp³-hybridized carbons (Fsp3) is 0.500. The van der Waals surface area contributed by atoms with Crippen molar-refractivity contribution in [3.63, 3.8) is 0 Å². The van der Waals surface area contributed by atoms with Crippen molar-refractivity contribution in [2.75, 3.05) is 13.2 Å². The molecule has 28 heavy (non-hydrogen) atoms. The smallest absolute Gasteiger partial charge is 0.345 e. The highest BCUT2D eigenvalue weighted by atomic mass is 35.5. The lowest BCUT2D eigenvalue weighted by atomic mass is 9.71. The van der Waals surface area contributed by atoms with E-state index in [1.54, 1.807) is 12.1 Å². The molecule has 0 aliphatic heterocycles. The van der Waals surface area contributed by atoms with Gasteiger partial charge in [-0.15, -0.1) is 0 Å². The molecule has 2 aliphatic rings. The van der Waals surface area contributed by atoms with Crippen LogP contribution in [-0.2, 0) is 16.0 Å². The number of hydrogen-bond acceptors (Lipinski definition) is 5. The van der Waals surface area contributed by atoms with Crippen LogP contribution in [0.3, 0.4) is 0 Å². The van der Waals surface area contributed by atoms with Gasteiger partial charge in [-0.3, -0.25) is 4.79 Å². The second-order valence-corrected chi connectivity index (χ2v) is 8.13. The fourth-order valence-corrected chi connectivity index (χ4v) is 4.67. The molecule has 0 saturated heterocycles. The lowest BCUT2D eigenvalue weighted by Crippen LogP contribution is -2.39. The minimum atomic E-state index is -1.48. The molecule has 1 aromatic rings. The van der Waals surface area contributed by atoms with Crippen molar-refractivity contribution in [2.24, 2.45) is 11.3 Å². The molecule has 6 nitrogen and oxygen atoms in total. The van der Waals surface area contributed by atoms with E-state index in [4.69, 9.17) is 27.9 Å². The number of benzene rings is 1. The molecule has 2 aliphatic carbocycles. The van der Waals surface area contributed by atoms with Gasteiger partial charge in [0.1, 0.15) is 10.8 Å². The van der Waals surface area contributed by atoms with Crippen molar-refractivity contribution in [1.82, 2.24) is 0 Å². The first-order valence-corrected chi connectivity index (χ1v) is 9.91. The van der Waals surface area contributed by atoms with Crippen LogP contribution in [0.15, 0.2) is 12.1 Å². The van der Waals surface area contributed by atoms with E-state index in [0.717, 1.165) is 29.5 Å². The van der Waals surface area contributed by atoms with Gasteiger partial charge in [-0.2, -0.15) is 0 Å². The van der Waals surface area contributed by atoms with Gasteiger partial charge in [-0.1, -0.05) is 30.1 Å². The number of aliphatic hydroxyl groups is 2. The van der Waals surface area contributed by atoms with Crippen LogP contribution < -0.4 is 4.74 Å². The number of halogens is 2. The molecule has 0 heterocycles. The maximum absolute atomic E-state index is 12.0. The molecular formula is C20H22Cl2O6. The Morgan fingerprint density at radius 1 is 1.29 bits per heavy atom. The number of fused-ring (bicyclic) bond motifs is 3. The summed E-state index contributed by atoms with van der Waals surface area (Å²) in [6, 6.07) is 1.66. The monoisotopic (exact) mass is 428 g/mol. The zero-order valence-corrected chi connectivity index (χ0v) is 16.9. The van der Waals surface area contributed by atoms with E-state index >= 15 is 0 Å². The van der Waals surface area contributed by atoms with Gasteiger partial charge in [0.25, 0.3) is 0 Å². The Hall–Kier alpha value is -1.60. The number of carbonyl (C=O) groups is 2. The summed E-state index contributed by atoms with van der Waals surface area (Å²) in [5.41, 5.74) is 2.27. The first kappa shape index (κ1) is 21.1. The number of rotatable bonds is 7. The molecule has 2 atom stereocenters. The van der Waals surface area contributed by atoms with Crippen LogP contribution in [0.2, 0.25) is 10.0 Å². The van der Waals surface area contributed by atoms with Crippen molar-refractivity contribution >= 4 is 40.5 Å². The predicted octanol–water partition coefficient (Wildman–Crippen LogP) is 3.13. The average Bonchev–Trinajstić information content (AvgIpc) is 2.99. The minimum Gasteiger partial charge on any atom is -0.478 e. The number of allylic oxidation sites excluding steroid dienone is 2. The molecule has 0 aromatic heterocycles. The topological polar surface area (TPSA) is 104 Å². The lowest BCUT2D eigenvalue weighted by molar-refractivity contribution is -0.149. The number of carboxylic acids is 1. The van der Waals surface area contributed by atoms with Gasteiger partial charge in [0.15, 0.2) is 5.78 Å². The molecule has 8 heteroatoms. The van der Waals surface area contributed by atoms with E-state index in [2.05, 4.69) is 6.92 Å². The van der Waals surface area contributed by atoms with Crippen molar-refractivity contribution < 1.29 is 29.6 Å². The van der Waals surface area contributed by atoms with E-state index in [-0.39, 0.29) is 27.0 Å². The molecule has 3 N–H and O–H groups in total. The fourth-order valence-electron chi connectivity index (χ4n) is 4.16. The van der Waals surface area contributed by atoms with Gasteiger partial charge < -0.3 is 20.1 Å². The van der Waals surface area contributed by atoms with E-state index in [1.807, 2.05) is 0 Å². The number of aliphatic hydroxyl groups excluding tert-OH is 2. The van der Waals surface area contributed by atoms with Crippen LogP contribution in [-0.4, -0.2) is 46.4 Å². The zero-order chi connectivity index (χ0) is 20.6. The van der Waals surface area contributed by atoms with Crippen molar-refractivity contribution in [3.05, 3.63) is 33.3 Å². The van der Waals surface area contributed by atoms with Crippen molar-refractivity contribution in [3.8, 4) is 5.75 Å². The Labute approximate surface area is 172 Å². The third kappa shape index (κ3) is 3.43. The maximum atomic E-state index is 12.0. The Morgan fingerprint density at radius 2 is 1.96 bits per heavy atom. The molecule has 0 fully saturated rings. The number of carboxylic acid groups (broad SMARTS) is 1. The molecule has 152 valence electrons. The van der Waals surface area contributed by atoms with Gasteiger partial charge in [-0.25, -0.2) is 4.79 Å². The Bertz CT molecular complexity index is 846. The third-order valence-corrected chi connectivity index (χ3v) is 6.70. The summed E-state index contributed by atoms with van der Waals surface area (Å²) in [7, 11) is 0. The molecule has 0 spiro atoms. The highest BCUT2D eigenvalue weighted by Gasteiger charge is 2.45. The number of ether oxygens (including phenoxy) is 1. The average molecular weight is 429 g/mol. The van der Waals surface area contributed by atoms with Crippen LogP contribution in [0.4, 0.5) is 0 Å². The Balaban J connectivity index is 2.06. The lowest BCUT2D eigenvalue weighted by Gasteiger charge is -2.32. The van der Waals surface area contributed by atoms with Crippen molar-refractivity contribution in [2.45, 2.75) is 38.7 Å². The van der Waals surface area contributed by atoms with Crippen LogP contribution in [0.25, 0.3) is 5.57 Å². The van der Waals surface area contributed by atoms with Gasteiger partial charge >= 0.3 is 5.97 Å². The van der Waals surface area contributed by atoms with E-state index in [9.17, 15) is 24.9 Å². The number of ketones is 1. The van der Waals surface area contributed by atoms with Gasteiger partial charge in [0.05, 0.1) is 24.2 Å². The summed E-state index contributed by atoms with van der Waals surface area (Å²) in [6.07, 6.45) is 2.87. The van der Waals surface area contributed by atoms with E-state index < -0.39 is 31.2 Å². The molecule has 0 bridgehead atoms. The number of carbonyl (C=O) groups excluding carboxylic acids is 1.